The summed E-state index contributed by atoms with van der Waals surface area (Å²) in [4.78, 5) is 0. The Morgan fingerprint density at radius 2 is 1.57 bits per heavy atom. The number of alkyl halides is 3. The molecule has 21 heavy (non-hydrogen) atoms. The normalized spacial score (nSPS) is 12.7. The quantitative estimate of drug-likeness (QED) is 0.571. The van der Waals surface area contributed by atoms with E-state index in [-0.39, 0.29) is 22.0 Å². The fourth-order valence-electron chi connectivity index (χ4n) is 1.41. The number of hydrogen-bond acceptors (Lipinski definition) is 3. The highest BCUT2D eigenvalue weighted by Crippen LogP contribution is 2.28. The van der Waals surface area contributed by atoms with Crippen LogP contribution >= 0.6 is 0 Å². The van der Waals surface area contributed by atoms with Gasteiger partial charge in [-0.3, -0.25) is 0 Å². The van der Waals surface area contributed by atoms with E-state index in [0.717, 1.165) is 12.1 Å². The van der Waals surface area contributed by atoms with E-state index in [1.807, 2.05) is 27.7 Å². The maximum atomic E-state index is 12.6. The number of rotatable bonds is 7. The van der Waals surface area contributed by atoms with Crippen molar-refractivity contribution >= 4 is 14.9 Å². The molecule has 0 N–H and O–H groups in total. The summed E-state index contributed by atoms with van der Waals surface area (Å²) < 4.78 is 54.1. The largest absolute Gasteiger partial charge is 0.416 e. The molecular weight excluding hydrogens is 301 g/mol. The van der Waals surface area contributed by atoms with Gasteiger partial charge in [0.25, 0.3) is 16.2 Å². The fourth-order valence-corrected chi connectivity index (χ4v) is 2.13. The van der Waals surface area contributed by atoms with Crippen LogP contribution in [-0.2, 0) is 20.1 Å². The molecule has 0 spiro atoms. The SMILES string of the molecule is CC(C)OC(O[Si]c1cccc(C(F)(F)F)c1)OC(C)C. The standard InChI is InChI=1S/C14H19F3O3Si/c1-9(2)18-13(19-10(3)4)20-21-12-7-5-6-11(8-12)14(15,16)17/h5-10,13H,1-4H3. The van der Waals surface area contributed by atoms with E-state index in [1.54, 1.807) is 6.07 Å². The van der Waals surface area contributed by atoms with Gasteiger partial charge in [0, 0.05) is 0 Å². The van der Waals surface area contributed by atoms with Gasteiger partial charge in [-0.1, -0.05) is 18.2 Å². The van der Waals surface area contributed by atoms with Crippen LogP contribution in [0, 0.1) is 0 Å². The Morgan fingerprint density at radius 1 is 1.00 bits per heavy atom. The maximum absolute atomic E-state index is 12.6. The predicted molar refractivity (Wildman–Crippen MR) is 74.1 cm³/mol. The lowest BCUT2D eigenvalue weighted by atomic mass is 10.2. The van der Waals surface area contributed by atoms with Crippen LogP contribution in [0.2, 0.25) is 0 Å². The van der Waals surface area contributed by atoms with Crippen LogP contribution < -0.4 is 5.19 Å². The minimum absolute atomic E-state index is 0.111. The molecule has 0 saturated carbocycles. The average molecular weight is 320 g/mol. The third kappa shape index (κ3) is 7.08. The first-order valence-corrected chi connectivity index (χ1v) is 7.49. The zero-order chi connectivity index (χ0) is 16.0. The molecule has 0 amide bonds. The lowest BCUT2D eigenvalue weighted by molar-refractivity contribution is -0.274. The molecule has 0 fully saturated rings. The molecule has 1 aromatic rings. The van der Waals surface area contributed by atoms with Gasteiger partial charge in [-0.25, -0.2) is 0 Å². The van der Waals surface area contributed by atoms with Gasteiger partial charge >= 0.3 is 6.18 Å². The number of ether oxygens (including phenoxy) is 2. The Labute approximate surface area is 125 Å². The van der Waals surface area contributed by atoms with Gasteiger partial charge in [0.2, 0.25) is 0 Å². The van der Waals surface area contributed by atoms with Crippen molar-refractivity contribution in [1.82, 2.24) is 0 Å². The zero-order valence-electron chi connectivity index (χ0n) is 12.4. The molecule has 0 heterocycles. The third-order valence-electron chi connectivity index (χ3n) is 2.23. The molecule has 0 aromatic heterocycles. The van der Waals surface area contributed by atoms with E-state index in [9.17, 15) is 13.2 Å². The highest BCUT2D eigenvalue weighted by Gasteiger charge is 2.30. The van der Waals surface area contributed by atoms with E-state index < -0.39 is 18.2 Å². The van der Waals surface area contributed by atoms with E-state index in [0.29, 0.717) is 5.19 Å². The van der Waals surface area contributed by atoms with Gasteiger partial charge < -0.3 is 13.9 Å². The summed E-state index contributed by atoms with van der Waals surface area (Å²) >= 11 is 0. The molecular formula is C14H19F3O3Si. The molecule has 0 aliphatic carbocycles. The lowest BCUT2D eigenvalue weighted by Gasteiger charge is -2.22. The second-order valence-corrected chi connectivity index (χ2v) is 5.97. The van der Waals surface area contributed by atoms with Gasteiger partial charge in [0.15, 0.2) is 0 Å². The zero-order valence-corrected chi connectivity index (χ0v) is 13.4. The minimum Gasteiger partial charge on any atom is -0.366 e. The lowest BCUT2D eigenvalue weighted by Crippen LogP contribution is -2.32. The second kappa shape index (κ2) is 7.93. The molecule has 7 heteroatoms. The Balaban J connectivity index is 2.67. The smallest absolute Gasteiger partial charge is 0.366 e. The van der Waals surface area contributed by atoms with Crippen molar-refractivity contribution in [2.75, 3.05) is 0 Å². The molecule has 0 aliphatic heterocycles. The maximum Gasteiger partial charge on any atom is 0.416 e. The molecule has 2 radical (unpaired) electrons. The second-order valence-electron chi connectivity index (χ2n) is 4.96. The van der Waals surface area contributed by atoms with Crippen LogP contribution in [0.3, 0.4) is 0 Å². The van der Waals surface area contributed by atoms with E-state index in [2.05, 4.69) is 0 Å². The molecule has 0 bridgehead atoms. The van der Waals surface area contributed by atoms with Gasteiger partial charge in [-0.05, 0) is 38.9 Å². The van der Waals surface area contributed by atoms with E-state index in [1.165, 1.54) is 6.07 Å². The topological polar surface area (TPSA) is 27.7 Å². The van der Waals surface area contributed by atoms with E-state index >= 15 is 0 Å². The van der Waals surface area contributed by atoms with Crippen LogP contribution in [0.5, 0.6) is 0 Å². The highest BCUT2D eigenvalue weighted by atomic mass is 28.2. The summed E-state index contributed by atoms with van der Waals surface area (Å²) in [5, 5.41) is 0.439. The first kappa shape index (κ1) is 18.2. The highest BCUT2D eigenvalue weighted by molar-refractivity contribution is 6.46. The van der Waals surface area contributed by atoms with Crippen molar-refractivity contribution in [2.45, 2.75) is 52.6 Å². The van der Waals surface area contributed by atoms with Crippen molar-refractivity contribution < 1.29 is 27.1 Å². The summed E-state index contributed by atoms with van der Waals surface area (Å²) in [5.74, 6) is 0. The summed E-state index contributed by atoms with van der Waals surface area (Å²) in [6, 6.07) is 5.03. The Bertz CT molecular complexity index is 426. The Morgan fingerprint density at radius 3 is 2.05 bits per heavy atom. The van der Waals surface area contributed by atoms with Gasteiger partial charge in [-0.15, -0.1) is 0 Å². The summed E-state index contributed by atoms with van der Waals surface area (Å²) in [7, 11) is -0.291. The van der Waals surface area contributed by atoms with Crippen LogP contribution in [0.15, 0.2) is 24.3 Å². The van der Waals surface area contributed by atoms with Gasteiger partial charge in [0.05, 0.1) is 17.8 Å². The molecule has 0 saturated heterocycles. The monoisotopic (exact) mass is 320 g/mol. The van der Waals surface area contributed by atoms with Gasteiger partial charge in [0.1, 0.15) is 0 Å². The molecule has 3 nitrogen and oxygen atoms in total. The van der Waals surface area contributed by atoms with Crippen molar-refractivity contribution in [1.29, 1.82) is 0 Å². The molecule has 1 aromatic carbocycles. The molecule has 118 valence electrons. The van der Waals surface area contributed by atoms with Crippen LogP contribution in [0.25, 0.3) is 0 Å². The number of halogens is 3. The first-order valence-electron chi connectivity index (χ1n) is 6.58. The summed E-state index contributed by atoms with van der Waals surface area (Å²) in [5.41, 5.74) is -0.692. The Kier molecular flexibility index (Phi) is 6.86. The van der Waals surface area contributed by atoms with Gasteiger partial charge in [-0.2, -0.15) is 13.2 Å². The van der Waals surface area contributed by atoms with Crippen molar-refractivity contribution in [2.24, 2.45) is 0 Å². The third-order valence-corrected chi connectivity index (χ3v) is 3.09. The number of benzene rings is 1. The van der Waals surface area contributed by atoms with Crippen molar-refractivity contribution in [3.63, 3.8) is 0 Å². The average Bonchev–Trinajstić information content (AvgIpc) is 2.34. The first-order chi connectivity index (χ1) is 9.68. The molecule has 0 atom stereocenters. The molecule has 0 unspecified atom stereocenters. The summed E-state index contributed by atoms with van der Waals surface area (Å²) in [6.07, 6.45) is -4.58. The van der Waals surface area contributed by atoms with Crippen LogP contribution in [-0.4, -0.2) is 28.4 Å². The predicted octanol–water partition coefficient (Wildman–Crippen LogP) is 3.10. The van der Waals surface area contributed by atoms with Crippen molar-refractivity contribution in [3.8, 4) is 0 Å². The molecule has 1 rings (SSSR count). The van der Waals surface area contributed by atoms with E-state index in [4.69, 9.17) is 13.9 Å². The van der Waals surface area contributed by atoms with Crippen molar-refractivity contribution in [3.05, 3.63) is 29.8 Å². The van der Waals surface area contributed by atoms with Crippen LogP contribution in [0.4, 0.5) is 13.2 Å². The number of hydrogen-bond donors (Lipinski definition) is 0. The minimum atomic E-state index is -4.36. The van der Waals surface area contributed by atoms with Crippen LogP contribution in [0.1, 0.15) is 33.3 Å². The fraction of sp³-hybridized carbons (Fsp3) is 0.571. The Hall–Kier alpha value is -0.893. The summed E-state index contributed by atoms with van der Waals surface area (Å²) in [6.45, 7) is 6.42. The molecule has 0 aliphatic rings.